The predicted octanol–water partition coefficient (Wildman–Crippen LogP) is 3.08. The molecule has 3 rings (SSSR count). The third-order valence-corrected chi connectivity index (χ3v) is 6.65. The maximum absolute atomic E-state index is 13.3. The number of carbonyl (C=O) groups is 1. The quantitative estimate of drug-likeness (QED) is 0.561. The van der Waals surface area contributed by atoms with Crippen molar-refractivity contribution in [1.29, 1.82) is 0 Å². The first kappa shape index (κ1) is 19.4. The highest BCUT2D eigenvalue weighted by Gasteiger charge is 2.27. The third-order valence-electron chi connectivity index (χ3n) is 3.94. The summed E-state index contributed by atoms with van der Waals surface area (Å²) < 4.78 is 32.6. The van der Waals surface area contributed by atoms with Crippen molar-refractivity contribution in [2.75, 3.05) is 13.7 Å². The molecule has 0 aliphatic carbocycles. The van der Waals surface area contributed by atoms with E-state index in [2.05, 4.69) is 14.7 Å². The van der Waals surface area contributed by atoms with E-state index in [0.29, 0.717) is 23.5 Å². The smallest absolute Gasteiger partial charge is 0.357 e. The number of carbonyl (C=O) groups excluding carboxylic acids is 1. The highest BCUT2D eigenvalue weighted by atomic mass is 32.2. The van der Waals surface area contributed by atoms with Crippen molar-refractivity contribution in [1.82, 2.24) is 14.3 Å². The van der Waals surface area contributed by atoms with Crippen LogP contribution in [0, 0.1) is 0 Å². The van der Waals surface area contributed by atoms with Gasteiger partial charge in [-0.05, 0) is 18.6 Å². The molecule has 0 saturated heterocycles. The molecule has 0 atom stereocenters. The minimum absolute atomic E-state index is 0.0844. The van der Waals surface area contributed by atoms with Crippen molar-refractivity contribution in [3.8, 4) is 0 Å². The number of esters is 1. The summed E-state index contributed by atoms with van der Waals surface area (Å²) in [5, 5.41) is 2.86. The number of fused-ring (bicyclic) bond motifs is 1. The molecule has 9 heteroatoms. The zero-order valence-electron chi connectivity index (χ0n) is 15.0. The second kappa shape index (κ2) is 8.12. The number of sulfonamides is 1. The standard InChI is InChI=1S/C18H19N3O4S2/c1-3-10-21(11-16-20-14(12-26-16)18(22)25-2)27(23,24)15-8-4-6-13-7-5-9-19-17(13)15/h4-9,12H,3,10-11H2,1-2H3. The van der Waals surface area contributed by atoms with Crippen LogP contribution in [-0.2, 0) is 21.3 Å². The van der Waals surface area contributed by atoms with Gasteiger partial charge in [0, 0.05) is 23.5 Å². The van der Waals surface area contributed by atoms with Gasteiger partial charge in [-0.25, -0.2) is 18.2 Å². The van der Waals surface area contributed by atoms with Gasteiger partial charge in [-0.3, -0.25) is 4.98 Å². The second-order valence-electron chi connectivity index (χ2n) is 5.79. The van der Waals surface area contributed by atoms with E-state index in [1.165, 1.54) is 22.8 Å². The number of benzene rings is 1. The lowest BCUT2D eigenvalue weighted by molar-refractivity contribution is 0.0594. The van der Waals surface area contributed by atoms with Gasteiger partial charge in [0.05, 0.1) is 19.2 Å². The SMILES string of the molecule is CCCN(Cc1nc(C(=O)OC)cs1)S(=O)(=O)c1cccc2cccnc12. The molecular formula is C18H19N3O4S2. The van der Waals surface area contributed by atoms with E-state index in [9.17, 15) is 13.2 Å². The zero-order chi connectivity index (χ0) is 19.4. The Morgan fingerprint density at radius 2 is 2.04 bits per heavy atom. The van der Waals surface area contributed by atoms with Crippen LogP contribution < -0.4 is 0 Å². The number of para-hydroxylation sites is 1. The van der Waals surface area contributed by atoms with Crippen LogP contribution in [-0.4, -0.2) is 42.3 Å². The Hall–Kier alpha value is -2.36. The number of aromatic nitrogens is 2. The molecule has 0 bridgehead atoms. The minimum atomic E-state index is -3.78. The minimum Gasteiger partial charge on any atom is -0.464 e. The van der Waals surface area contributed by atoms with Crippen molar-refractivity contribution < 1.29 is 17.9 Å². The molecular weight excluding hydrogens is 386 g/mol. The molecule has 2 aromatic heterocycles. The fourth-order valence-electron chi connectivity index (χ4n) is 2.69. The number of rotatable bonds is 7. The topological polar surface area (TPSA) is 89.5 Å². The second-order valence-corrected chi connectivity index (χ2v) is 8.64. The highest BCUT2D eigenvalue weighted by molar-refractivity contribution is 7.89. The van der Waals surface area contributed by atoms with Crippen LogP contribution in [0.1, 0.15) is 28.8 Å². The molecule has 1 aromatic carbocycles. The highest BCUT2D eigenvalue weighted by Crippen LogP contribution is 2.26. The first-order valence-corrected chi connectivity index (χ1v) is 10.7. The molecule has 0 aliphatic rings. The number of thiazole rings is 1. The molecule has 27 heavy (non-hydrogen) atoms. The lowest BCUT2D eigenvalue weighted by Crippen LogP contribution is -2.31. The molecule has 3 aromatic rings. The average Bonchev–Trinajstić information content (AvgIpc) is 3.15. The van der Waals surface area contributed by atoms with E-state index in [1.54, 1.807) is 29.8 Å². The summed E-state index contributed by atoms with van der Waals surface area (Å²) in [5.41, 5.74) is 0.619. The summed E-state index contributed by atoms with van der Waals surface area (Å²) in [6.45, 7) is 2.32. The van der Waals surface area contributed by atoms with Gasteiger partial charge in [0.1, 0.15) is 9.90 Å². The third kappa shape index (κ3) is 4.00. The first-order valence-electron chi connectivity index (χ1n) is 8.34. The summed E-state index contributed by atoms with van der Waals surface area (Å²) in [7, 11) is -2.50. The van der Waals surface area contributed by atoms with E-state index in [4.69, 9.17) is 0 Å². The fraction of sp³-hybridized carbons (Fsp3) is 0.278. The predicted molar refractivity (Wildman–Crippen MR) is 103 cm³/mol. The summed E-state index contributed by atoms with van der Waals surface area (Å²) in [6, 6.07) is 8.70. The van der Waals surface area contributed by atoms with Gasteiger partial charge in [-0.2, -0.15) is 4.31 Å². The van der Waals surface area contributed by atoms with Crippen LogP contribution in [0.2, 0.25) is 0 Å². The summed E-state index contributed by atoms with van der Waals surface area (Å²) in [5.74, 6) is -0.541. The summed E-state index contributed by atoms with van der Waals surface area (Å²) in [4.78, 5) is 20.2. The lowest BCUT2D eigenvalue weighted by atomic mass is 10.2. The number of ether oxygens (including phenoxy) is 1. The van der Waals surface area contributed by atoms with E-state index in [0.717, 1.165) is 5.39 Å². The fourth-order valence-corrected chi connectivity index (χ4v) is 5.21. The van der Waals surface area contributed by atoms with E-state index in [1.807, 2.05) is 19.1 Å². The van der Waals surface area contributed by atoms with Gasteiger partial charge in [-0.15, -0.1) is 11.3 Å². The molecule has 142 valence electrons. The Labute approximate surface area is 161 Å². The summed E-state index contributed by atoms with van der Waals surface area (Å²) >= 11 is 1.23. The van der Waals surface area contributed by atoms with Gasteiger partial charge in [0.25, 0.3) is 0 Å². The van der Waals surface area contributed by atoms with Crippen LogP contribution in [0.5, 0.6) is 0 Å². The Morgan fingerprint density at radius 3 is 2.78 bits per heavy atom. The molecule has 7 nitrogen and oxygen atoms in total. The van der Waals surface area contributed by atoms with Gasteiger partial charge >= 0.3 is 5.97 Å². The van der Waals surface area contributed by atoms with E-state index >= 15 is 0 Å². The molecule has 0 unspecified atom stereocenters. The van der Waals surface area contributed by atoms with Crippen LogP contribution >= 0.6 is 11.3 Å². The number of hydrogen-bond donors (Lipinski definition) is 0. The van der Waals surface area contributed by atoms with Gasteiger partial charge in [0.2, 0.25) is 10.0 Å². The van der Waals surface area contributed by atoms with Crippen LogP contribution in [0.25, 0.3) is 10.9 Å². The number of pyridine rings is 1. The molecule has 0 saturated carbocycles. The Morgan fingerprint density at radius 1 is 1.26 bits per heavy atom. The van der Waals surface area contributed by atoms with Crippen molar-refractivity contribution >= 4 is 38.2 Å². The molecule has 0 amide bonds. The van der Waals surface area contributed by atoms with Crippen LogP contribution in [0.3, 0.4) is 0 Å². The average molecular weight is 406 g/mol. The van der Waals surface area contributed by atoms with Crippen molar-refractivity contribution in [3.05, 3.63) is 52.6 Å². The number of hydrogen-bond acceptors (Lipinski definition) is 7. The van der Waals surface area contributed by atoms with E-state index in [-0.39, 0.29) is 17.1 Å². The number of methoxy groups -OCH3 is 1. The Balaban J connectivity index is 1.98. The monoisotopic (exact) mass is 405 g/mol. The van der Waals surface area contributed by atoms with Crippen molar-refractivity contribution in [2.24, 2.45) is 0 Å². The maximum atomic E-state index is 13.3. The van der Waals surface area contributed by atoms with Gasteiger partial charge < -0.3 is 4.74 Å². The van der Waals surface area contributed by atoms with Crippen LogP contribution in [0.15, 0.2) is 46.8 Å². The number of nitrogens with zero attached hydrogens (tertiary/aromatic N) is 3. The first-order chi connectivity index (χ1) is 13.0. The largest absolute Gasteiger partial charge is 0.464 e. The molecule has 2 heterocycles. The summed E-state index contributed by atoms with van der Waals surface area (Å²) in [6.07, 6.45) is 2.22. The van der Waals surface area contributed by atoms with Crippen LogP contribution in [0.4, 0.5) is 0 Å². The van der Waals surface area contributed by atoms with Crippen molar-refractivity contribution in [2.45, 2.75) is 24.8 Å². The Kier molecular flexibility index (Phi) is 5.83. The van der Waals surface area contributed by atoms with E-state index < -0.39 is 16.0 Å². The van der Waals surface area contributed by atoms with Gasteiger partial charge in [0.15, 0.2) is 5.69 Å². The molecule has 0 fully saturated rings. The lowest BCUT2D eigenvalue weighted by Gasteiger charge is -2.21. The molecule has 0 spiro atoms. The van der Waals surface area contributed by atoms with Crippen molar-refractivity contribution in [3.63, 3.8) is 0 Å². The Bertz CT molecular complexity index is 1060. The molecule has 0 N–H and O–H groups in total. The normalized spacial score (nSPS) is 11.8. The zero-order valence-corrected chi connectivity index (χ0v) is 16.6. The maximum Gasteiger partial charge on any atom is 0.357 e. The molecule has 0 aliphatic heterocycles. The van der Waals surface area contributed by atoms with Gasteiger partial charge in [-0.1, -0.05) is 25.1 Å². The molecule has 0 radical (unpaired) electrons.